The molecule has 0 unspecified atom stereocenters. The lowest BCUT2D eigenvalue weighted by atomic mass is 9.99. The number of nitrogens with zero attached hydrogens (tertiary/aromatic N) is 4. The molecule has 0 saturated carbocycles. The normalized spacial score (nSPS) is 20.3. The van der Waals surface area contributed by atoms with Crippen molar-refractivity contribution in [2.24, 2.45) is 0 Å². The van der Waals surface area contributed by atoms with Gasteiger partial charge in [-0.25, -0.2) is 4.98 Å². The number of carbonyl (C=O) groups excluding carboxylic acids is 1. The van der Waals surface area contributed by atoms with Crippen molar-refractivity contribution in [3.63, 3.8) is 0 Å². The van der Waals surface area contributed by atoms with Crippen LogP contribution in [0.25, 0.3) is 22.0 Å². The van der Waals surface area contributed by atoms with Gasteiger partial charge in [-0.15, -0.1) is 0 Å². The quantitative estimate of drug-likeness (QED) is 0.299. The van der Waals surface area contributed by atoms with Crippen molar-refractivity contribution < 1.29 is 4.79 Å². The first-order chi connectivity index (χ1) is 20.2. The maximum atomic E-state index is 14.4. The van der Waals surface area contributed by atoms with Gasteiger partial charge in [-0.2, -0.15) is 5.26 Å². The number of carbonyl (C=O) groups is 1. The molecule has 1 aromatic heterocycles. The summed E-state index contributed by atoms with van der Waals surface area (Å²) in [6.45, 7) is 4.05. The summed E-state index contributed by atoms with van der Waals surface area (Å²) in [5.41, 5.74) is 6.90. The molecular formula is C35H35N5O. The summed E-state index contributed by atoms with van der Waals surface area (Å²) in [6, 6.07) is 27.0. The van der Waals surface area contributed by atoms with Crippen LogP contribution in [0.5, 0.6) is 0 Å². The lowest BCUT2D eigenvalue weighted by molar-refractivity contribution is 0.0710. The minimum absolute atomic E-state index is 0.103. The van der Waals surface area contributed by atoms with E-state index in [0.29, 0.717) is 11.1 Å². The zero-order valence-corrected chi connectivity index (χ0v) is 23.4. The number of pyridine rings is 1. The summed E-state index contributed by atoms with van der Waals surface area (Å²) in [6.07, 6.45) is 6.69. The van der Waals surface area contributed by atoms with E-state index in [-0.39, 0.29) is 18.0 Å². The van der Waals surface area contributed by atoms with Crippen LogP contribution in [0.4, 0.5) is 5.82 Å². The van der Waals surface area contributed by atoms with E-state index in [4.69, 9.17) is 4.98 Å². The number of hydrogen-bond acceptors (Lipinski definition) is 5. The van der Waals surface area contributed by atoms with E-state index in [1.807, 2.05) is 36.4 Å². The van der Waals surface area contributed by atoms with Crippen molar-refractivity contribution >= 4 is 22.6 Å². The Labute approximate surface area is 241 Å². The molecule has 2 saturated heterocycles. The monoisotopic (exact) mass is 541 g/mol. The van der Waals surface area contributed by atoms with Crippen LogP contribution >= 0.6 is 0 Å². The number of fused-ring (bicyclic) bond motifs is 2. The Morgan fingerprint density at radius 1 is 0.927 bits per heavy atom. The van der Waals surface area contributed by atoms with E-state index < -0.39 is 0 Å². The highest BCUT2D eigenvalue weighted by atomic mass is 16.2. The first-order valence-electron chi connectivity index (χ1n) is 15.0. The van der Waals surface area contributed by atoms with Crippen LogP contribution in [0.3, 0.4) is 0 Å². The van der Waals surface area contributed by atoms with E-state index in [2.05, 4.69) is 57.6 Å². The molecule has 7 rings (SSSR count). The number of nitrogens with one attached hydrogen (secondary N) is 1. The third kappa shape index (κ3) is 5.07. The molecule has 2 fully saturated rings. The highest BCUT2D eigenvalue weighted by Crippen LogP contribution is 2.35. The van der Waals surface area contributed by atoms with Crippen LogP contribution in [-0.2, 0) is 6.42 Å². The van der Waals surface area contributed by atoms with Gasteiger partial charge in [-0.1, -0.05) is 42.5 Å². The molecular weight excluding hydrogens is 506 g/mol. The lowest BCUT2D eigenvalue weighted by Gasteiger charge is -2.29. The van der Waals surface area contributed by atoms with Crippen LogP contribution in [0.1, 0.15) is 65.2 Å². The largest absolute Gasteiger partial charge is 0.363 e. The van der Waals surface area contributed by atoms with Crippen molar-refractivity contribution in [2.45, 2.75) is 50.6 Å². The van der Waals surface area contributed by atoms with Crippen LogP contribution in [0.15, 0.2) is 72.8 Å². The van der Waals surface area contributed by atoms with E-state index in [0.717, 1.165) is 79.7 Å². The summed E-state index contributed by atoms with van der Waals surface area (Å²) < 4.78 is 0. The maximum absolute atomic E-state index is 14.4. The predicted molar refractivity (Wildman–Crippen MR) is 163 cm³/mol. The molecule has 3 heterocycles. The average Bonchev–Trinajstić information content (AvgIpc) is 3.79. The van der Waals surface area contributed by atoms with Crippen molar-refractivity contribution in [2.75, 3.05) is 31.5 Å². The van der Waals surface area contributed by atoms with Crippen molar-refractivity contribution in [1.82, 2.24) is 14.8 Å². The SMILES string of the molecule is N#Cc1ccc(-c2ccc3nc(N[C@H]4CCc5ccccc54)cc(C(=O)N4CCC[C@H]4CN4CCCC4)c3c2)cc1. The minimum Gasteiger partial charge on any atom is -0.363 e. The van der Waals surface area contributed by atoms with Gasteiger partial charge in [0, 0.05) is 24.5 Å². The minimum atomic E-state index is 0.103. The number of hydrogen-bond donors (Lipinski definition) is 1. The maximum Gasteiger partial charge on any atom is 0.254 e. The number of amides is 1. The van der Waals surface area contributed by atoms with E-state index in [1.165, 1.54) is 24.0 Å². The zero-order valence-electron chi connectivity index (χ0n) is 23.4. The van der Waals surface area contributed by atoms with E-state index >= 15 is 0 Å². The van der Waals surface area contributed by atoms with E-state index in [9.17, 15) is 10.1 Å². The molecule has 2 aliphatic heterocycles. The first kappa shape index (κ1) is 25.7. The molecule has 3 aliphatic rings. The number of aromatic nitrogens is 1. The molecule has 41 heavy (non-hydrogen) atoms. The van der Waals surface area contributed by atoms with Crippen LogP contribution in [0, 0.1) is 11.3 Å². The predicted octanol–water partition coefficient (Wildman–Crippen LogP) is 6.57. The molecule has 0 spiro atoms. The number of likely N-dealkylation sites (tertiary alicyclic amines) is 2. The Morgan fingerprint density at radius 3 is 2.56 bits per heavy atom. The topological polar surface area (TPSA) is 72.3 Å². The Bertz CT molecular complexity index is 1630. The zero-order chi connectivity index (χ0) is 27.8. The van der Waals surface area contributed by atoms with Gasteiger partial charge >= 0.3 is 0 Å². The van der Waals surface area contributed by atoms with Crippen LogP contribution in [0.2, 0.25) is 0 Å². The number of anilines is 1. The highest BCUT2D eigenvalue weighted by molar-refractivity contribution is 6.08. The van der Waals surface area contributed by atoms with Crippen molar-refractivity contribution in [3.8, 4) is 17.2 Å². The fraction of sp³-hybridized carbons (Fsp3) is 0.343. The van der Waals surface area contributed by atoms with Gasteiger partial charge in [0.25, 0.3) is 5.91 Å². The summed E-state index contributed by atoms with van der Waals surface area (Å²) in [7, 11) is 0. The molecule has 1 amide bonds. The Hall–Kier alpha value is -4.21. The first-order valence-corrected chi connectivity index (χ1v) is 15.0. The molecule has 1 N–H and O–H groups in total. The van der Waals surface area contributed by atoms with Crippen LogP contribution in [-0.4, -0.2) is 52.9 Å². The van der Waals surface area contributed by atoms with Gasteiger partial charge in [0.15, 0.2) is 0 Å². The summed E-state index contributed by atoms with van der Waals surface area (Å²) in [5, 5.41) is 13.8. The smallest absolute Gasteiger partial charge is 0.254 e. The molecule has 206 valence electrons. The standard InChI is InChI=1S/C35H35N5O/c36-22-24-9-11-25(12-10-24)27-14-16-33-30(20-27)31(35(41)40-19-5-7-28(40)23-39-17-3-4-18-39)21-34(38-33)37-32-15-13-26-6-1-2-8-29(26)32/h1-2,6,8-12,14,16,20-21,28,32H,3-5,7,13,15,17-19,23H2,(H,37,38)/t28-,32-/m0/s1. The van der Waals surface area contributed by atoms with Gasteiger partial charge in [0.2, 0.25) is 0 Å². The Balaban J connectivity index is 1.27. The second-order valence-electron chi connectivity index (χ2n) is 11.7. The fourth-order valence-electron chi connectivity index (χ4n) is 6.99. The Morgan fingerprint density at radius 2 is 1.73 bits per heavy atom. The molecule has 0 radical (unpaired) electrons. The van der Waals surface area contributed by atoms with Gasteiger partial charge in [-0.05, 0) is 104 Å². The van der Waals surface area contributed by atoms with Crippen LogP contribution < -0.4 is 5.32 Å². The second kappa shape index (κ2) is 11.0. The number of benzene rings is 3. The number of aryl methyl sites for hydroxylation is 1. The number of nitriles is 1. The third-order valence-corrected chi connectivity index (χ3v) is 9.15. The van der Waals surface area contributed by atoms with Gasteiger partial charge in [-0.3, -0.25) is 4.79 Å². The molecule has 1 aliphatic carbocycles. The van der Waals surface area contributed by atoms with Gasteiger partial charge in [0.05, 0.1) is 28.8 Å². The fourth-order valence-corrected chi connectivity index (χ4v) is 6.99. The third-order valence-electron chi connectivity index (χ3n) is 9.15. The molecule has 3 aromatic carbocycles. The van der Waals surface area contributed by atoms with Crippen molar-refractivity contribution in [1.29, 1.82) is 5.26 Å². The molecule has 0 bridgehead atoms. The summed E-state index contributed by atoms with van der Waals surface area (Å²) >= 11 is 0. The van der Waals surface area contributed by atoms with E-state index in [1.54, 1.807) is 0 Å². The van der Waals surface area contributed by atoms with Gasteiger partial charge < -0.3 is 15.1 Å². The summed E-state index contributed by atoms with van der Waals surface area (Å²) in [4.78, 5) is 24.0. The lowest BCUT2D eigenvalue weighted by Crippen LogP contribution is -2.42. The number of rotatable bonds is 6. The summed E-state index contributed by atoms with van der Waals surface area (Å²) in [5.74, 6) is 0.856. The molecule has 2 atom stereocenters. The van der Waals surface area contributed by atoms with Gasteiger partial charge in [0.1, 0.15) is 5.82 Å². The molecule has 4 aromatic rings. The second-order valence-corrected chi connectivity index (χ2v) is 11.7. The van der Waals surface area contributed by atoms with Crippen molar-refractivity contribution in [3.05, 3.63) is 95.1 Å². The molecule has 6 heteroatoms. The average molecular weight is 542 g/mol. The Kier molecular flexibility index (Phi) is 6.90. The molecule has 6 nitrogen and oxygen atoms in total. The highest BCUT2D eigenvalue weighted by Gasteiger charge is 2.33.